The second-order valence-electron chi connectivity index (χ2n) is 3.32. The van der Waals surface area contributed by atoms with Crippen molar-refractivity contribution >= 4 is 34.0 Å². The average Bonchev–Trinajstić information content (AvgIpc) is 2.17. The number of alkyl halides is 3. The summed E-state index contributed by atoms with van der Waals surface area (Å²) in [7, 11) is 0. The summed E-state index contributed by atoms with van der Waals surface area (Å²) in [5, 5.41) is 1.42. The van der Waals surface area contributed by atoms with Gasteiger partial charge in [-0.25, -0.2) is 0 Å². The zero-order valence-electron chi connectivity index (χ0n) is 7.78. The van der Waals surface area contributed by atoms with Crippen molar-refractivity contribution in [2.24, 2.45) is 0 Å². The van der Waals surface area contributed by atoms with Crippen LogP contribution in [0.3, 0.4) is 0 Å². The van der Waals surface area contributed by atoms with Gasteiger partial charge in [0, 0.05) is 15.4 Å². The first-order valence-electron chi connectivity index (χ1n) is 4.34. The van der Waals surface area contributed by atoms with Crippen LogP contribution in [-0.2, 0) is 6.18 Å². The monoisotopic (exact) mass is 264 g/mol. The van der Waals surface area contributed by atoms with Crippen molar-refractivity contribution < 1.29 is 13.2 Å². The summed E-state index contributed by atoms with van der Waals surface area (Å²) in [6.07, 6.45) is -4.39. The first-order valence-corrected chi connectivity index (χ1v) is 5.09. The first kappa shape index (κ1) is 11.6. The van der Waals surface area contributed by atoms with Crippen molar-refractivity contribution in [3.8, 4) is 0 Å². The van der Waals surface area contributed by atoms with Crippen LogP contribution in [0, 0.1) is 0 Å². The molecule has 0 nitrogen and oxygen atoms in total. The molecule has 0 heterocycles. The number of hydrogen-bond acceptors (Lipinski definition) is 0. The summed E-state index contributed by atoms with van der Waals surface area (Å²) >= 11 is 11.5. The number of fused-ring (bicyclic) bond motifs is 1. The molecular formula is C11H5Cl2F3. The Morgan fingerprint density at radius 2 is 1.62 bits per heavy atom. The summed E-state index contributed by atoms with van der Waals surface area (Å²) in [5.74, 6) is 0. The molecule has 2 aromatic rings. The Kier molecular flexibility index (Phi) is 2.76. The number of benzene rings is 2. The van der Waals surface area contributed by atoms with Crippen LogP contribution >= 0.6 is 23.2 Å². The van der Waals surface area contributed by atoms with E-state index in [2.05, 4.69) is 0 Å². The first-order chi connectivity index (χ1) is 7.38. The lowest BCUT2D eigenvalue weighted by atomic mass is 10.1. The number of hydrogen-bond donors (Lipinski definition) is 0. The Bertz CT molecular complexity index is 547. The van der Waals surface area contributed by atoms with Gasteiger partial charge in [0.2, 0.25) is 0 Å². The van der Waals surface area contributed by atoms with E-state index in [0.717, 1.165) is 12.1 Å². The predicted molar refractivity (Wildman–Crippen MR) is 59.0 cm³/mol. The minimum Gasteiger partial charge on any atom is -0.166 e. The summed E-state index contributed by atoms with van der Waals surface area (Å²) in [6.45, 7) is 0. The third-order valence-corrected chi connectivity index (χ3v) is 2.74. The lowest BCUT2D eigenvalue weighted by molar-refractivity contribution is -0.137. The molecule has 0 aromatic heterocycles. The summed E-state index contributed by atoms with van der Waals surface area (Å²) < 4.78 is 37.5. The Hall–Kier alpha value is -0.930. The maximum Gasteiger partial charge on any atom is 0.416 e. The Labute approximate surface area is 99.6 Å². The second kappa shape index (κ2) is 3.82. The quantitative estimate of drug-likeness (QED) is 0.616. The normalized spacial score (nSPS) is 12.1. The van der Waals surface area contributed by atoms with E-state index in [1.165, 1.54) is 12.1 Å². The van der Waals surface area contributed by atoms with Gasteiger partial charge in [0.15, 0.2) is 0 Å². The van der Waals surface area contributed by atoms with E-state index in [1.807, 2.05) is 0 Å². The van der Waals surface area contributed by atoms with E-state index in [9.17, 15) is 13.2 Å². The molecule has 0 fully saturated rings. The maximum atomic E-state index is 12.5. The van der Waals surface area contributed by atoms with E-state index in [-0.39, 0.29) is 5.02 Å². The third kappa shape index (κ3) is 2.11. The Morgan fingerprint density at radius 3 is 2.25 bits per heavy atom. The van der Waals surface area contributed by atoms with Crippen LogP contribution in [0.5, 0.6) is 0 Å². The number of rotatable bonds is 0. The molecule has 0 bridgehead atoms. The minimum absolute atomic E-state index is 0.0484. The van der Waals surface area contributed by atoms with Gasteiger partial charge < -0.3 is 0 Å². The zero-order chi connectivity index (χ0) is 11.9. The second-order valence-corrected chi connectivity index (χ2v) is 4.16. The molecule has 2 rings (SSSR count). The average molecular weight is 265 g/mol. The summed E-state index contributed by atoms with van der Waals surface area (Å²) in [4.78, 5) is 0. The van der Waals surface area contributed by atoms with Gasteiger partial charge in [-0.1, -0.05) is 29.3 Å². The fourth-order valence-corrected chi connectivity index (χ4v) is 1.90. The van der Waals surface area contributed by atoms with Gasteiger partial charge >= 0.3 is 6.18 Å². The van der Waals surface area contributed by atoms with Gasteiger partial charge in [-0.05, 0) is 29.7 Å². The topological polar surface area (TPSA) is 0 Å². The predicted octanol–water partition coefficient (Wildman–Crippen LogP) is 5.17. The highest BCUT2D eigenvalue weighted by Crippen LogP contribution is 2.35. The van der Waals surface area contributed by atoms with Gasteiger partial charge in [-0.3, -0.25) is 0 Å². The molecule has 0 spiro atoms. The Morgan fingerprint density at radius 1 is 0.938 bits per heavy atom. The van der Waals surface area contributed by atoms with Crippen molar-refractivity contribution in [3.05, 3.63) is 45.9 Å². The van der Waals surface area contributed by atoms with Crippen LogP contribution in [-0.4, -0.2) is 0 Å². The molecule has 84 valence electrons. The molecular weight excluding hydrogens is 260 g/mol. The molecule has 0 radical (unpaired) electrons. The summed E-state index contributed by atoms with van der Waals surface area (Å²) in [6, 6.07) is 6.54. The van der Waals surface area contributed by atoms with Crippen LogP contribution in [0.25, 0.3) is 10.8 Å². The smallest absolute Gasteiger partial charge is 0.166 e. The molecule has 5 heteroatoms. The molecule has 2 aromatic carbocycles. The standard InChI is InChI=1S/C11H5Cl2F3/c12-8-2-1-6-3-7(11(14,15)16)4-10(13)9(6)5-8/h1-5H. The molecule has 0 saturated heterocycles. The zero-order valence-corrected chi connectivity index (χ0v) is 9.29. The van der Waals surface area contributed by atoms with Gasteiger partial charge in [0.1, 0.15) is 0 Å². The van der Waals surface area contributed by atoms with Gasteiger partial charge in [0.05, 0.1) is 5.56 Å². The van der Waals surface area contributed by atoms with Gasteiger partial charge in [-0.2, -0.15) is 13.2 Å². The number of halogens is 5. The lowest BCUT2D eigenvalue weighted by Gasteiger charge is -2.09. The van der Waals surface area contributed by atoms with Gasteiger partial charge in [-0.15, -0.1) is 0 Å². The van der Waals surface area contributed by atoms with Gasteiger partial charge in [0.25, 0.3) is 0 Å². The van der Waals surface area contributed by atoms with Crippen LogP contribution in [0.15, 0.2) is 30.3 Å². The highest BCUT2D eigenvalue weighted by molar-refractivity contribution is 6.37. The minimum atomic E-state index is -4.39. The van der Waals surface area contributed by atoms with Crippen LogP contribution in [0.1, 0.15) is 5.56 Å². The molecule has 0 unspecified atom stereocenters. The fourth-order valence-electron chi connectivity index (χ4n) is 1.45. The van der Waals surface area contributed by atoms with Crippen LogP contribution in [0.2, 0.25) is 10.0 Å². The third-order valence-electron chi connectivity index (χ3n) is 2.19. The van der Waals surface area contributed by atoms with Crippen LogP contribution in [0.4, 0.5) is 13.2 Å². The highest BCUT2D eigenvalue weighted by Gasteiger charge is 2.31. The van der Waals surface area contributed by atoms with E-state index in [4.69, 9.17) is 23.2 Å². The molecule has 16 heavy (non-hydrogen) atoms. The SMILES string of the molecule is FC(F)(F)c1cc(Cl)c2cc(Cl)ccc2c1. The fraction of sp³-hybridized carbons (Fsp3) is 0.0909. The summed E-state index contributed by atoms with van der Waals surface area (Å²) in [5.41, 5.74) is -0.757. The molecule has 0 aliphatic heterocycles. The van der Waals surface area contributed by atoms with Crippen molar-refractivity contribution in [2.75, 3.05) is 0 Å². The van der Waals surface area contributed by atoms with E-state index >= 15 is 0 Å². The van der Waals surface area contributed by atoms with Crippen molar-refractivity contribution in [3.63, 3.8) is 0 Å². The molecule has 0 N–H and O–H groups in total. The molecule has 0 amide bonds. The molecule has 0 aliphatic rings. The molecule has 0 atom stereocenters. The van der Waals surface area contributed by atoms with Crippen molar-refractivity contribution in [2.45, 2.75) is 6.18 Å². The molecule has 0 saturated carbocycles. The van der Waals surface area contributed by atoms with E-state index < -0.39 is 11.7 Å². The maximum absolute atomic E-state index is 12.5. The highest BCUT2D eigenvalue weighted by atomic mass is 35.5. The van der Waals surface area contributed by atoms with Crippen molar-refractivity contribution in [1.82, 2.24) is 0 Å². The van der Waals surface area contributed by atoms with E-state index in [0.29, 0.717) is 15.8 Å². The van der Waals surface area contributed by atoms with Crippen molar-refractivity contribution in [1.29, 1.82) is 0 Å². The lowest BCUT2D eigenvalue weighted by Crippen LogP contribution is -2.04. The van der Waals surface area contributed by atoms with E-state index in [1.54, 1.807) is 6.07 Å². The van der Waals surface area contributed by atoms with Crippen LogP contribution < -0.4 is 0 Å². The Balaban J connectivity index is 2.74. The largest absolute Gasteiger partial charge is 0.416 e. The molecule has 0 aliphatic carbocycles.